The van der Waals surface area contributed by atoms with Gasteiger partial charge in [0.25, 0.3) is 0 Å². The summed E-state index contributed by atoms with van der Waals surface area (Å²) in [5.41, 5.74) is 3.65. The highest BCUT2D eigenvalue weighted by Gasteiger charge is 2.07. The standard InChI is InChI=1S/C17H23NOS/c1-13(2)15-3-5-16(6-4-15)17(19)11-18-9-7-14-8-10-20-12-14/h3-6,8,10,12-13,17-19H,7,9,11H2,1-2H3. The highest BCUT2D eigenvalue weighted by molar-refractivity contribution is 7.07. The van der Waals surface area contributed by atoms with E-state index in [0.717, 1.165) is 18.5 Å². The Morgan fingerprint density at radius 2 is 1.80 bits per heavy atom. The summed E-state index contributed by atoms with van der Waals surface area (Å²) in [4.78, 5) is 0. The summed E-state index contributed by atoms with van der Waals surface area (Å²) in [6, 6.07) is 10.4. The Hall–Kier alpha value is -1.16. The summed E-state index contributed by atoms with van der Waals surface area (Å²) >= 11 is 1.73. The van der Waals surface area contributed by atoms with Crippen LogP contribution in [-0.2, 0) is 6.42 Å². The van der Waals surface area contributed by atoms with E-state index in [1.54, 1.807) is 11.3 Å². The molecule has 0 amide bonds. The Morgan fingerprint density at radius 1 is 1.10 bits per heavy atom. The molecule has 1 aromatic heterocycles. The molecule has 2 nitrogen and oxygen atoms in total. The SMILES string of the molecule is CC(C)c1ccc(C(O)CNCCc2ccsc2)cc1. The maximum absolute atomic E-state index is 10.1. The monoisotopic (exact) mass is 289 g/mol. The molecule has 0 bridgehead atoms. The van der Waals surface area contributed by atoms with Gasteiger partial charge in [-0.2, -0.15) is 11.3 Å². The minimum atomic E-state index is -0.432. The molecule has 2 N–H and O–H groups in total. The molecule has 0 fully saturated rings. The summed E-state index contributed by atoms with van der Waals surface area (Å²) in [7, 11) is 0. The molecule has 0 radical (unpaired) electrons. The van der Waals surface area contributed by atoms with Gasteiger partial charge in [0.15, 0.2) is 0 Å². The third-order valence-corrected chi connectivity index (χ3v) is 4.23. The van der Waals surface area contributed by atoms with Crippen molar-refractivity contribution in [1.82, 2.24) is 5.32 Å². The van der Waals surface area contributed by atoms with Crippen molar-refractivity contribution in [3.8, 4) is 0 Å². The largest absolute Gasteiger partial charge is 0.387 e. The molecule has 0 aliphatic carbocycles. The number of nitrogens with one attached hydrogen (secondary N) is 1. The summed E-state index contributed by atoms with van der Waals surface area (Å²) < 4.78 is 0. The van der Waals surface area contributed by atoms with Gasteiger partial charge in [-0.1, -0.05) is 38.1 Å². The molecule has 0 saturated heterocycles. The molecule has 1 aromatic carbocycles. The van der Waals surface area contributed by atoms with Crippen molar-refractivity contribution in [2.24, 2.45) is 0 Å². The normalized spacial score (nSPS) is 12.8. The first-order chi connectivity index (χ1) is 9.66. The number of benzene rings is 1. The molecule has 20 heavy (non-hydrogen) atoms. The van der Waals surface area contributed by atoms with Crippen LogP contribution >= 0.6 is 11.3 Å². The highest BCUT2D eigenvalue weighted by Crippen LogP contribution is 2.18. The van der Waals surface area contributed by atoms with Crippen LogP contribution in [0.25, 0.3) is 0 Å². The van der Waals surface area contributed by atoms with Gasteiger partial charge in [0.1, 0.15) is 0 Å². The quantitative estimate of drug-likeness (QED) is 0.761. The van der Waals surface area contributed by atoms with E-state index in [1.165, 1.54) is 11.1 Å². The third-order valence-electron chi connectivity index (χ3n) is 3.50. The lowest BCUT2D eigenvalue weighted by Gasteiger charge is -2.13. The van der Waals surface area contributed by atoms with Gasteiger partial charge in [-0.15, -0.1) is 0 Å². The topological polar surface area (TPSA) is 32.3 Å². The van der Waals surface area contributed by atoms with Gasteiger partial charge in [0, 0.05) is 6.54 Å². The minimum Gasteiger partial charge on any atom is -0.387 e. The molecule has 108 valence electrons. The van der Waals surface area contributed by atoms with Crippen molar-refractivity contribution in [1.29, 1.82) is 0 Å². The molecule has 2 rings (SSSR count). The first-order valence-electron chi connectivity index (χ1n) is 7.16. The van der Waals surface area contributed by atoms with Crippen LogP contribution in [0.4, 0.5) is 0 Å². The molecule has 1 heterocycles. The first kappa shape index (κ1) is 15.2. The maximum Gasteiger partial charge on any atom is 0.0914 e. The summed E-state index contributed by atoms with van der Waals surface area (Å²) in [5.74, 6) is 0.532. The van der Waals surface area contributed by atoms with Crippen molar-refractivity contribution < 1.29 is 5.11 Å². The number of aliphatic hydroxyl groups is 1. The molecule has 1 unspecified atom stereocenters. The average molecular weight is 289 g/mol. The molecular weight excluding hydrogens is 266 g/mol. The van der Waals surface area contributed by atoms with E-state index >= 15 is 0 Å². The lowest BCUT2D eigenvalue weighted by Crippen LogP contribution is -2.23. The van der Waals surface area contributed by atoms with Crippen LogP contribution in [0.15, 0.2) is 41.1 Å². The van der Waals surface area contributed by atoms with E-state index < -0.39 is 6.10 Å². The molecule has 0 spiro atoms. The molecule has 1 atom stereocenters. The highest BCUT2D eigenvalue weighted by atomic mass is 32.1. The first-order valence-corrected chi connectivity index (χ1v) is 8.11. The zero-order valence-corrected chi connectivity index (χ0v) is 13.0. The predicted octanol–water partition coefficient (Wildman–Crippen LogP) is 3.74. The van der Waals surface area contributed by atoms with Gasteiger partial charge in [-0.25, -0.2) is 0 Å². The fourth-order valence-corrected chi connectivity index (χ4v) is 2.83. The Morgan fingerprint density at radius 3 is 2.40 bits per heavy atom. The van der Waals surface area contributed by atoms with E-state index in [4.69, 9.17) is 0 Å². The van der Waals surface area contributed by atoms with Crippen molar-refractivity contribution >= 4 is 11.3 Å². The smallest absolute Gasteiger partial charge is 0.0914 e. The Balaban J connectivity index is 1.75. The second-order valence-corrected chi connectivity index (χ2v) is 6.20. The molecule has 0 saturated carbocycles. The molecule has 3 heteroatoms. The second-order valence-electron chi connectivity index (χ2n) is 5.42. The number of hydrogen-bond acceptors (Lipinski definition) is 3. The van der Waals surface area contributed by atoms with Crippen LogP contribution in [-0.4, -0.2) is 18.2 Å². The lowest BCUT2D eigenvalue weighted by atomic mass is 10.00. The fourth-order valence-electron chi connectivity index (χ4n) is 2.13. The van der Waals surface area contributed by atoms with E-state index in [1.807, 2.05) is 12.1 Å². The molecular formula is C17H23NOS. The van der Waals surface area contributed by atoms with Gasteiger partial charge >= 0.3 is 0 Å². The van der Waals surface area contributed by atoms with Crippen LogP contribution < -0.4 is 5.32 Å². The van der Waals surface area contributed by atoms with Crippen molar-refractivity contribution in [2.75, 3.05) is 13.1 Å². The van der Waals surface area contributed by atoms with E-state index in [9.17, 15) is 5.11 Å². The zero-order valence-electron chi connectivity index (χ0n) is 12.2. The predicted molar refractivity (Wildman–Crippen MR) is 86.4 cm³/mol. The average Bonchev–Trinajstić information content (AvgIpc) is 2.96. The van der Waals surface area contributed by atoms with Crippen molar-refractivity contribution in [3.05, 3.63) is 57.8 Å². The summed E-state index contributed by atoms with van der Waals surface area (Å²) in [5, 5.41) is 17.7. The van der Waals surface area contributed by atoms with Crippen molar-refractivity contribution in [3.63, 3.8) is 0 Å². The third kappa shape index (κ3) is 4.44. The van der Waals surface area contributed by atoms with E-state index in [0.29, 0.717) is 12.5 Å². The van der Waals surface area contributed by atoms with Gasteiger partial charge in [0.05, 0.1) is 6.10 Å². The van der Waals surface area contributed by atoms with Crippen LogP contribution in [0, 0.1) is 0 Å². The lowest BCUT2D eigenvalue weighted by molar-refractivity contribution is 0.175. The minimum absolute atomic E-state index is 0.432. The number of rotatable bonds is 7. The molecule has 2 aromatic rings. The van der Waals surface area contributed by atoms with Gasteiger partial charge in [-0.3, -0.25) is 0 Å². The number of hydrogen-bond donors (Lipinski definition) is 2. The summed E-state index contributed by atoms with van der Waals surface area (Å²) in [6.45, 7) is 5.86. The number of aliphatic hydroxyl groups excluding tert-OH is 1. The second kappa shape index (κ2) is 7.58. The Labute approximate surface area is 125 Å². The molecule has 0 aliphatic rings. The van der Waals surface area contributed by atoms with Crippen LogP contribution in [0.5, 0.6) is 0 Å². The van der Waals surface area contributed by atoms with Crippen LogP contribution in [0.2, 0.25) is 0 Å². The van der Waals surface area contributed by atoms with Gasteiger partial charge in [0.2, 0.25) is 0 Å². The number of thiophene rings is 1. The maximum atomic E-state index is 10.1. The van der Waals surface area contributed by atoms with E-state index in [-0.39, 0.29) is 0 Å². The van der Waals surface area contributed by atoms with Crippen LogP contribution in [0.3, 0.4) is 0 Å². The van der Waals surface area contributed by atoms with Crippen molar-refractivity contribution in [2.45, 2.75) is 32.3 Å². The van der Waals surface area contributed by atoms with Crippen LogP contribution in [0.1, 0.15) is 42.6 Å². The zero-order chi connectivity index (χ0) is 14.4. The summed E-state index contributed by atoms with van der Waals surface area (Å²) in [6.07, 6.45) is 0.585. The molecule has 0 aliphatic heterocycles. The Kier molecular flexibility index (Phi) is 5.77. The van der Waals surface area contributed by atoms with Gasteiger partial charge < -0.3 is 10.4 Å². The van der Waals surface area contributed by atoms with E-state index in [2.05, 4.69) is 48.1 Å². The van der Waals surface area contributed by atoms with Gasteiger partial charge in [-0.05, 0) is 52.4 Å². The Bertz CT molecular complexity index is 490. The fraction of sp³-hybridized carbons (Fsp3) is 0.412.